The smallest absolute Gasteiger partial charge is 0.180 e. The Morgan fingerprint density at radius 2 is 2.26 bits per heavy atom. The highest BCUT2D eigenvalue weighted by Gasteiger charge is 2.05. The zero-order valence-corrected chi connectivity index (χ0v) is 12.9. The van der Waals surface area contributed by atoms with Gasteiger partial charge in [-0.05, 0) is 42.6 Å². The molecule has 0 unspecified atom stereocenters. The number of ether oxygens (including phenoxy) is 1. The van der Waals surface area contributed by atoms with Gasteiger partial charge in [-0.25, -0.2) is 9.97 Å². The van der Waals surface area contributed by atoms with Crippen LogP contribution in [-0.2, 0) is 4.74 Å². The second-order valence-corrected chi connectivity index (χ2v) is 5.44. The van der Waals surface area contributed by atoms with Crippen LogP contribution in [0.25, 0.3) is 5.65 Å². The molecule has 0 radical (unpaired) electrons. The molecule has 0 aliphatic rings. The molecule has 0 fully saturated rings. The molecule has 19 heavy (non-hydrogen) atoms. The van der Waals surface area contributed by atoms with Gasteiger partial charge in [0.25, 0.3) is 0 Å². The first-order valence-electron chi connectivity index (χ1n) is 6.51. The number of anilines is 1. The third kappa shape index (κ3) is 4.18. The molecule has 0 saturated heterocycles. The predicted molar refractivity (Wildman–Crippen MR) is 79.5 cm³/mol. The maximum absolute atomic E-state index is 5.50. The second-order valence-electron chi connectivity index (χ2n) is 4.62. The lowest BCUT2D eigenvalue weighted by Gasteiger charge is -2.09. The van der Waals surface area contributed by atoms with E-state index in [1.54, 1.807) is 6.20 Å². The van der Waals surface area contributed by atoms with Crippen LogP contribution in [-0.4, -0.2) is 33.6 Å². The van der Waals surface area contributed by atoms with Gasteiger partial charge in [0, 0.05) is 31.7 Å². The van der Waals surface area contributed by atoms with Crippen molar-refractivity contribution in [3.05, 3.63) is 23.2 Å². The van der Waals surface area contributed by atoms with Gasteiger partial charge in [0.05, 0.1) is 6.10 Å². The molecule has 2 aromatic heterocycles. The summed E-state index contributed by atoms with van der Waals surface area (Å²) >= 11 is 3.40. The molecular formula is C13H19BrN4O. The first-order valence-corrected chi connectivity index (χ1v) is 7.31. The Kier molecular flexibility index (Phi) is 5.15. The number of imidazole rings is 1. The van der Waals surface area contributed by atoms with Crippen molar-refractivity contribution in [2.45, 2.75) is 32.8 Å². The van der Waals surface area contributed by atoms with Gasteiger partial charge < -0.3 is 14.5 Å². The van der Waals surface area contributed by atoms with Crippen molar-refractivity contribution in [2.24, 2.45) is 0 Å². The van der Waals surface area contributed by atoms with E-state index in [0.717, 1.165) is 42.1 Å². The van der Waals surface area contributed by atoms with Crippen molar-refractivity contribution < 1.29 is 4.74 Å². The zero-order chi connectivity index (χ0) is 13.7. The van der Waals surface area contributed by atoms with Crippen LogP contribution in [0, 0.1) is 0 Å². The van der Waals surface area contributed by atoms with E-state index < -0.39 is 0 Å². The molecule has 104 valence electrons. The summed E-state index contributed by atoms with van der Waals surface area (Å²) in [5.41, 5.74) is 0.849. The van der Waals surface area contributed by atoms with E-state index in [9.17, 15) is 0 Å². The fourth-order valence-corrected chi connectivity index (χ4v) is 2.17. The number of nitrogens with zero attached hydrogens (tertiary/aromatic N) is 3. The molecule has 6 heteroatoms. The number of halogens is 1. The number of fused-ring (bicyclic) bond motifs is 1. The molecule has 0 amide bonds. The Bertz CT molecular complexity index is 526. The average Bonchev–Trinajstić information content (AvgIpc) is 2.80. The van der Waals surface area contributed by atoms with Gasteiger partial charge in [-0.15, -0.1) is 0 Å². The highest BCUT2D eigenvalue weighted by Crippen LogP contribution is 2.16. The van der Waals surface area contributed by atoms with Crippen molar-refractivity contribution in [2.75, 3.05) is 18.5 Å². The van der Waals surface area contributed by atoms with Crippen LogP contribution in [0.1, 0.15) is 26.7 Å². The third-order valence-corrected chi connectivity index (χ3v) is 3.04. The normalized spacial score (nSPS) is 11.4. The highest BCUT2D eigenvalue weighted by molar-refractivity contribution is 9.10. The third-order valence-electron chi connectivity index (χ3n) is 2.66. The van der Waals surface area contributed by atoms with Crippen molar-refractivity contribution in [3.8, 4) is 0 Å². The number of rotatable bonds is 7. The molecule has 0 spiro atoms. The summed E-state index contributed by atoms with van der Waals surface area (Å²) in [7, 11) is 0. The van der Waals surface area contributed by atoms with Gasteiger partial charge in [-0.1, -0.05) is 0 Å². The van der Waals surface area contributed by atoms with Crippen LogP contribution in [0.2, 0.25) is 0 Å². The van der Waals surface area contributed by atoms with Crippen LogP contribution < -0.4 is 5.32 Å². The van der Waals surface area contributed by atoms with E-state index in [1.165, 1.54) is 0 Å². The molecule has 0 bridgehead atoms. The Hall–Kier alpha value is -1.14. The summed E-state index contributed by atoms with van der Waals surface area (Å²) in [5.74, 6) is 0.809. The summed E-state index contributed by atoms with van der Waals surface area (Å²) in [4.78, 5) is 8.70. The van der Waals surface area contributed by atoms with Gasteiger partial charge in [0.1, 0.15) is 4.60 Å². The monoisotopic (exact) mass is 326 g/mol. The predicted octanol–water partition coefficient (Wildman–Crippen LogP) is 3.11. The first kappa shape index (κ1) is 14.3. The number of aromatic nitrogens is 3. The minimum absolute atomic E-state index is 0.309. The summed E-state index contributed by atoms with van der Waals surface area (Å²) in [6.45, 7) is 5.79. The zero-order valence-electron chi connectivity index (χ0n) is 11.3. The quantitative estimate of drug-likeness (QED) is 0.794. The number of hydrogen-bond acceptors (Lipinski definition) is 4. The van der Waals surface area contributed by atoms with Crippen LogP contribution in [0.15, 0.2) is 23.2 Å². The molecule has 1 N–H and O–H groups in total. The standard InChI is InChI=1S/C13H19BrN4O/c1-10(2)19-8-4-3-5-15-12-13-16-6-7-18(13)9-11(14)17-12/h6-7,9-10H,3-5,8H2,1-2H3,(H,15,17). The lowest BCUT2D eigenvalue weighted by Crippen LogP contribution is -2.08. The van der Waals surface area contributed by atoms with Crippen LogP contribution in [0.3, 0.4) is 0 Å². The summed E-state index contributed by atoms with van der Waals surface area (Å²) < 4.78 is 8.24. The van der Waals surface area contributed by atoms with Crippen molar-refractivity contribution in [3.63, 3.8) is 0 Å². The van der Waals surface area contributed by atoms with E-state index in [4.69, 9.17) is 4.74 Å². The number of hydrogen-bond donors (Lipinski definition) is 1. The maximum Gasteiger partial charge on any atom is 0.180 e. The van der Waals surface area contributed by atoms with Crippen molar-refractivity contribution in [1.29, 1.82) is 0 Å². The van der Waals surface area contributed by atoms with E-state index in [2.05, 4.69) is 45.1 Å². The van der Waals surface area contributed by atoms with Gasteiger partial charge >= 0.3 is 0 Å². The summed E-state index contributed by atoms with van der Waals surface area (Å²) in [6.07, 6.45) is 7.97. The summed E-state index contributed by atoms with van der Waals surface area (Å²) in [6, 6.07) is 0. The Morgan fingerprint density at radius 3 is 3.05 bits per heavy atom. The fourth-order valence-electron chi connectivity index (χ4n) is 1.77. The van der Waals surface area contributed by atoms with Crippen molar-refractivity contribution in [1.82, 2.24) is 14.4 Å². The van der Waals surface area contributed by atoms with Gasteiger partial charge in [-0.2, -0.15) is 0 Å². The lowest BCUT2D eigenvalue weighted by molar-refractivity contribution is 0.0765. The molecule has 0 aliphatic heterocycles. The molecule has 5 nitrogen and oxygen atoms in total. The Labute approximate surface area is 121 Å². The minimum atomic E-state index is 0.309. The molecule has 2 heterocycles. The SMILES string of the molecule is CC(C)OCCCCNc1nc(Br)cn2ccnc12. The largest absolute Gasteiger partial charge is 0.379 e. The molecular weight excluding hydrogens is 308 g/mol. The van der Waals surface area contributed by atoms with E-state index >= 15 is 0 Å². The van der Waals surface area contributed by atoms with E-state index in [-0.39, 0.29) is 0 Å². The van der Waals surface area contributed by atoms with Crippen molar-refractivity contribution >= 4 is 27.4 Å². The van der Waals surface area contributed by atoms with Gasteiger partial charge in [0.15, 0.2) is 11.5 Å². The van der Waals surface area contributed by atoms with Gasteiger partial charge in [-0.3, -0.25) is 0 Å². The molecule has 0 aliphatic carbocycles. The van der Waals surface area contributed by atoms with Crippen LogP contribution in [0.4, 0.5) is 5.82 Å². The number of nitrogens with one attached hydrogen (secondary N) is 1. The maximum atomic E-state index is 5.50. The van der Waals surface area contributed by atoms with Gasteiger partial charge in [0.2, 0.25) is 0 Å². The molecule has 0 saturated carbocycles. The fraction of sp³-hybridized carbons (Fsp3) is 0.538. The van der Waals surface area contributed by atoms with Crippen LogP contribution >= 0.6 is 15.9 Å². The van der Waals surface area contributed by atoms with E-state index in [0.29, 0.717) is 6.10 Å². The summed E-state index contributed by atoms with van der Waals surface area (Å²) in [5, 5.41) is 3.32. The second kappa shape index (κ2) is 6.86. The van der Waals surface area contributed by atoms with Crippen LogP contribution in [0.5, 0.6) is 0 Å². The van der Waals surface area contributed by atoms with E-state index in [1.807, 2.05) is 16.8 Å². The first-order chi connectivity index (χ1) is 9.16. The average molecular weight is 327 g/mol. The topological polar surface area (TPSA) is 51.5 Å². The number of unbranched alkanes of at least 4 members (excludes halogenated alkanes) is 1. The molecule has 2 aromatic rings. The Balaban J connectivity index is 1.83. The Morgan fingerprint density at radius 1 is 1.42 bits per heavy atom. The molecule has 0 atom stereocenters. The highest BCUT2D eigenvalue weighted by atomic mass is 79.9. The molecule has 0 aromatic carbocycles. The lowest BCUT2D eigenvalue weighted by atomic mass is 10.3. The minimum Gasteiger partial charge on any atom is -0.379 e. The molecule has 2 rings (SSSR count).